The van der Waals surface area contributed by atoms with Gasteiger partial charge in [0.25, 0.3) is 0 Å². The molecular weight excluding hydrogens is 226 g/mol. The van der Waals surface area contributed by atoms with Gasteiger partial charge in [-0.25, -0.2) is 0 Å². The number of hydrogen-bond donors (Lipinski definition) is 1. The van der Waals surface area contributed by atoms with Gasteiger partial charge in [0.05, 0.1) is 16.8 Å². The van der Waals surface area contributed by atoms with Crippen molar-refractivity contribution >= 4 is 0 Å². The molecule has 2 aliphatic rings. The first-order valence-corrected chi connectivity index (χ1v) is 7.19. The van der Waals surface area contributed by atoms with E-state index in [9.17, 15) is 5.11 Å². The molecule has 2 aliphatic heterocycles. The summed E-state index contributed by atoms with van der Waals surface area (Å²) in [7, 11) is 2.14. The summed E-state index contributed by atoms with van der Waals surface area (Å²) in [5.41, 5.74) is -0.909. The first kappa shape index (κ1) is 14.3. The predicted molar refractivity (Wildman–Crippen MR) is 73.6 cm³/mol. The normalized spacial score (nSPS) is 44.2. The van der Waals surface area contributed by atoms with Crippen molar-refractivity contribution in [2.45, 2.75) is 76.7 Å². The smallest absolute Gasteiger partial charge is 0.0731 e. The maximum Gasteiger partial charge on any atom is 0.0731 e. The zero-order valence-electron chi connectivity index (χ0n) is 12.8. The summed E-state index contributed by atoms with van der Waals surface area (Å²) in [5.74, 6) is 0.233. The molecule has 106 valence electrons. The standard InChI is InChI=1S/C15H29NO2/c1-11-9-15(17,7-8-16(11)6)12-10-13(2,3)18-14(12,4)5/h11-12,17H,7-10H2,1-6H3. The third-order valence-electron chi connectivity index (χ3n) is 5.02. The Morgan fingerprint density at radius 3 is 2.22 bits per heavy atom. The first-order valence-electron chi connectivity index (χ1n) is 7.19. The van der Waals surface area contributed by atoms with Gasteiger partial charge in [-0.3, -0.25) is 0 Å². The van der Waals surface area contributed by atoms with Crippen LogP contribution in [0.25, 0.3) is 0 Å². The Morgan fingerprint density at radius 2 is 1.78 bits per heavy atom. The third-order valence-corrected chi connectivity index (χ3v) is 5.02. The number of aliphatic hydroxyl groups is 1. The van der Waals surface area contributed by atoms with Crippen LogP contribution in [0.5, 0.6) is 0 Å². The lowest BCUT2D eigenvalue weighted by atomic mass is 9.69. The Hall–Kier alpha value is -0.120. The Morgan fingerprint density at radius 1 is 1.17 bits per heavy atom. The average molecular weight is 255 g/mol. The van der Waals surface area contributed by atoms with E-state index >= 15 is 0 Å². The fraction of sp³-hybridized carbons (Fsp3) is 1.00. The van der Waals surface area contributed by atoms with Crippen molar-refractivity contribution in [1.82, 2.24) is 4.90 Å². The molecule has 0 aromatic heterocycles. The molecule has 2 rings (SSSR count). The molecule has 3 unspecified atom stereocenters. The molecule has 2 saturated heterocycles. The van der Waals surface area contributed by atoms with E-state index < -0.39 is 5.60 Å². The molecule has 0 saturated carbocycles. The maximum absolute atomic E-state index is 11.1. The molecule has 0 aromatic carbocycles. The minimum Gasteiger partial charge on any atom is -0.389 e. The summed E-state index contributed by atoms with van der Waals surface area (Å²) in [5, 5.41) is 11.1. The van der Waals surface area contributed by atoms with Gasteiger partial charge in [-0.2, -0.15) is 0 Å². The molecule has 3 atom stereocenters. The Labute approximate surface area is 112 Å². The van der Waals surface area contributed by atoms with E-state index in [-0.39, 0.29) is 17.1 Å². The number of piperidine rings is 1. The third kappa shape index (κ3) is 2.45. The average Bonchev–Trinajstić information content (AvgIpc) is 2.42. The lowest BCUT2D eigenvalue weighted by molar-refractivity contribution is -0.135. The first-order chi connectivity index (χ1) is 8.06. The quantitative estimate of drug-likeness (QED) is 0.781. The fourth-order valence-electron chi connectivity index (χ4n) is 4.08. The highest BCUT2D eigenvalue weighted by atomic mass is 16.5. The van der Waals surface area contributed by atoms with Gasteiger partial charge in [-0.05, 0) is 60.9 Å². The number of ether oxygens (including phenoxy) is 1. The van der Waals surface area contributed by atoms with Crippen LogP contribution >= 0.6 is 0 Å². The van der Waals surface area contributed by atoms with Crippen LogP contribution in [-0.4, -0.2) is 46.4 Å². The molecule has 3 heteroatoms. The van der Waals surface area contributed by atoms with Crippen LogP contribution in [0.1, 0.15) is 53.9 Å². The van der Waals surface area contributed by atoms with Crippen molar-refractivity contribution in [3.63, 3.8) is 0 Å². The van der Waals surface area contributed by atoms with E-state index in [1.54, 1.807) is 0 Å². The van der Waals surface area contributed by atoms with Gasteiger partial charge < -0.3 is 14.7 Å². The summed E-state index contributed by atoms with van der Waals surface area (Å²) in [6, 6.07) is 0.447. The van der Waals surface area contributed by atoms with Gasteiger partial charge in [0.15, 0.2) is 0 Å². The van der Waals surface area contributed by atoms with E-state index in [1.807, 2.05) is 0 Å². The molecule has 0 spiro atoms. The summed E-state index contributed by atoms with van der Waals surface area (Å²) in [6.45, 7) is 11.7. The van der Waals surface area contributed by atoms with Gasteiger partial charge in [0, 0.05) is 18.5 Å². The maximum atomic E-state index is 11.1. The van der Waals surface area contributed by atoms with Gasteiger partial charge in [-0.15, -0.1) is 0 Å². The number of hydrogen-bond acceptors (Lipinski definition) is 3. The Bertz CT molecular complexity index is 326. The molecule has 2 fully saturated rings. The van der Waals surface area contributed by atoms with Crippen molar-refractivity contribution in [3.05, 3.63) is 0 Å². The lowest BCUT2D eigenvalue weighted by Crippen LogP contribution is -2.55. The molecule has 3 nitrogen and oxygen atoms in total. The molecule has 0 amide bonds. The molecule has 18 heavy (non-hydrogen) atoms. The van der Waals surface area contributed by atoms with E-state index in [4.69, 9.17) is 4.74 Å². The van der Waals surface area contributed by atoms with Crippen LogP contribution in [0.3, 0.4) is 0 Å². The lowest BCUT2D eigenvalue weighted by Gasteiger charge is -2.47. The molecule has 0 radical (unpaired) electrons. The SMILES string of the molecule is CC1CC(O)(C2CC(C)(C)OC2(C)C)CCN1C. The highest BCUT2D eigenvalue weighted by molar-refractivity contribution is 5.06. The number of rotatable bonds is 1. The Balaban J connectivity index is 2.20. The van der Waals surface area contributed by atoms with Crippen molar-refractivity contribution in [2.24, 2.45) is 5.92 Å². The van der Waals surface area contributed by atoms with Crippen LogP contribution in [-0.2, 0) is 4.74 Å². The van der Waals surface area contributed by atoms with Crippen LogP contribution in [0.4, 0.5) is 0 Å². The van der Waals surface area contributed by atoms with Crippen molar-refractivity contribution in [2.75, 3.05) is 13.6 Å². The van der Waals surface area contributed by atoms with Crippen LogP contribution < -0.4 is 0 Å². The molecule has 0 aromatic rings. The van der Waals surface area contributed by atoms with Gasteiger partial charge in [0.2, 0.25) is 0 Å². The predicted octanol–water partition coefficient (Wildman–Crippen LogP) is 2.43. The topological polar surface area (TPSA) is 32.7 Å². The minimum atomic E-state index is -0.566. The fourth-order valence-corrected chi connectivity index (χ4v) is 4.08. The second-order valence-electron chi connectivity index (χ2n) is 7.61. The van der Waals surface area contributed by atoms with E-state index in [2.05, 4.69) is 46.6 Å². The summed E-state index contributed by atoms with van der Waals surface area (Å²) in [6.07, 6.45) is 2.67. The van der Waals surface area contributed by atoms with E-state index in [0.29, 0.717) is 6.04 Å². The van der Waals surface area contributed by atoms with Crippen molar-refractivity contribution in [3.8, 4) is 0 Å². The summed E-state index contributed by atoms with van der Waals surface area (Å²) >= 11 is 0. The summed E-state index contributed by atoms with van der Waals surface area (Å²) < 4.78 is 6.16. The minimum absolute atomic E-state index is 0.115. The molecule has 0 aliphatic carbocycles. The Kier molecular flexibility index (Phi) is 3.33. The zero-order valence-corrected chi connectivity index (χ0v) is 12.8. The molecule has 1 N–H and O–H groups in total. The highest BCUT2D eigenvalue weighted by Gasteiger charge is 2.55. The summed E-state index contributed by atoms with van der Waals surface area (Å²) in [4.78, 5) is 2.34. The van der Waals surface area contributed by atoms with Gasteiger partial charge >= 0.3 is 0 Å². The number of nitrogens with zero attached hydrogens (tertiary/aromatic N) is 1. The zero-order chi connectivity index (χ0) is 13.8. The molecular formula is C15H29NO2. The molecule has 2 heterocycles. The van der Waals surface area contributed by atoms with Gasteiger partial charge in [-0.1, -0.05) is 0 Å². The second kappa shape index (κ2) is 4.19. The highest BCUT2D eigenvalue weighted by Crippen LogP contribution is 2.50. The van der Waals surface area contributed by atoms with Crippen molar-refractivity contribution in [1.29, 1.82) is 0 Å². The van der Waals surface area contributed by atoms with Crippen LogP contribution in [0, 0.1) is 5.92 Å². The molecule has 0 bridgehead atoms. The largest absolute Gasteiger partial charge is 0.389 e. The van der Waals surface area contributed by atoms with Crippen LogP contribution in [0.2, 0.25) is 0 Å². The second-order valence-corrected chi connectivity index (χ2v) is 7.61. The van der Waals surface area contributed by atoms with Crippen LogP contribution in [0.15, 0.2) is 0 Å². The van der Waals surface area contributed by atoms with Crippen molar-refractivity contribution < 1.29 is 9.84 Å². The van der Waals surface area contributed by atoms with Gasteiger partial charge in [0.1, 0.15) is 0 Å². The monoisotopic (exact) mass is 255 g/mol. The number of likely N-dealkylation sites (tertiary alicyclic amines) is 1. The van der Waals surface area contributed by atoms with E-state index in [1.165, 1.54) is 0 Å². The van der Waals surface area contributed by atoms with E-state index in [0.717, 1.165) is 25.8 Å².